The number of carbonyl (C=O) groups is 1. The summed E-state index contributed by atoms with van der Waals surface area (Å²) < 4.78 is 0. The summed E-state index contributed by atoms with van der Waals surface area (Å²) in [5, 5.41) is 2.65. The van der Waals surface area contributed by atoms with E-state index in [0.717, 1.165) is 18.5 Å². The molecule has 0 aliphatic heterocycles. The van der Waals surface area contributed by atoms with E-state index in [1.54, 1.807) is 19.4 Å². The Bertz CT molecular complexity index is 355. The van der Waals surface area contributed by atoms with Crippen LogP contribution in [0.3, 0.4) is 0 Å². The van der Waals surface area contributed by atoms with E-state index in [1.807, 2.05) is 12.1 Å². The van der Waals surface area contributed by atoms with Crippen LogP contribution in [0.15, 0.2) is 24.5 Å². The molecule has 0 radical (unpaired) electrons. The third kappa shape index (κ3) is 4.09. The van der Waals surface area contributed by atoms with Gasteiger partial charge in [0.1, 0.15) is 0 Å². The molecular formula is C13H22N4O. The molecule has 1 rings (SSSR count). The molecule has 5 nitrogen and oxygen atoms in total. The molecule has 1 heterocycles. The first-order chi connectivity index (χ1) is 8.72. The van der Waals surface area contributed by atoms with Crippen LogP contribution in [-0.2, 0) is 4.79 Å². The lowest BCUT2D eigenvalue weighted by molar-refractivity contribution is -0.122. The molecule has 1 atom stereocenters. The molecule has 0 saturated heterocycles. The first-order valence-electron chi connectivity index (χ1n) is 6.27. The lowest BCUT2D eigenvalue weighted by Gasteiger charge is -2.30. The number of nitrogens with one attached hydrogen (secondary N) is 1. The second kappa shape index (κ2) is 7.79. The predicted octanol–water partition coefficient (Wildman–Crippen LogP) is 0.539. The second-order valence-electron chi connectivity index (χ2n) is 4.18. The van der Waals surface area contributed by atoms with Crippen LogP contribution >= 0.6 is 0 Å². The van der Waals surface area contributed by atoms with Crippen LogP contribution in [-0.4, -0.2) is 42.5 Å². The molecule has 1 aromatic rings. The summed E-state index contributed by atoms with van der Waals surface area (Å²) in [6, 6.07) is 3.96. The van der Waals surface area contributed by atoms with Crippen molar-refractivity contribution >= 4 is 5.91 Å². The highest BCUT2D eigenvalue weighted by Gasteiger charge is 2.20. The number of likely N-dealkylation sites (N-methyl/N-ethyl adjacent to an activating group) is 1. The maximum absolute atomic E-state index is 11.5. The minimum absolute atomic E-state index is 0.0101. The van der Waals surface area contributed by atoms with Crippen molar-refractivity contribution < 1.29 is 4.79 Å². The first kappa shape index (κ1) is 14.6. The van der Waals surface area contributed by atoms with E-state index in [4.69, 9.17) is 5.73 Å². The maximum Gasteiger partial charge on any atom is 0.233 e. The first-order valence-corrected chi connectivity index (χ1v) is 6.27. The van der Waals surface area contributed by atoms with Gasteiger partial charge in [-0.1, -0.05) is 6.92 Å². The molecule has 18 heavy (non-hydrogen) atoms. The topological polar surface area (TPSA) is 71.2 Å². The van der Waals surface area contributed by atoms with Crippen LogP contribution in [0.1, 0.15) is 24.9 Å². The number of amides is 1. The molecule has 0 saturated carbocycles. The number of hydrogen-bond acceptors (Lipinski definition) is 4. The molecule has 1 amide bonds. The van der Waals surface area contributed by atoms with Crippen LogP contribution in [0.25, 0.3) is 0 Å². The molecule has 5 heteroatoms. The molecular weight excluding hydrogens is 228 g/mol. The number of rotatable bonds is 7. The standard InChI is InChI=1S/C13H22N4O/c1-3-8-17(10-13(18)15-2)12(9-14)11-4-6-16-7-5-11/h4-7,12H,3,8-10,14H2,1-2H3,(H,15,18). The molecule has 0 spiro atoms. The van der Waals surface area contributed by atoms with E-state index in [0.29, 0.717) is 13.1 Å². The second-order valence-corrected chi connectivity index (χ2v) is 4.18. The summed E-state index contributed by atoms with van der Waals surface area (Å²) in [6.45, 7) is 3.80. The summed E-state index contributed by atoms with van der Waals surface area (Å²) in [7, 11) is 1.65. The van der Waals surface area contributed by atoms with Gasteiger partial charge in [0.25, 0.3) is 0 Å². The van der Waals surface area contributed by atoms with E-state index in [1.165, 1.54) is 0 Å². The highest BCUT2D eigenvalue weighted by Crippen LogP contribution is 2.18. The molecule has 1 aromatic heterocycles. The summed E-state index contributed by atoms with van der Waals surface area (Å²) >= 11 is 0. The Morgan fingerprint density at radius 3 is 2.67 bits per heavy atom. The lowest BCUT2D eigenvalue weighted by Crippen LogP contribution is -2.41. The number of hydrogen-bond donors (Lipinski definition) is 2. The molecule has 1 unspecified atom stereocenters. The van der Waals surface area contributed by atoms with Gasteiger partial charge in [-0.15, -0.1) is 0 Å². The van der Waals surface area contributed by atoms with Crippen LogP contribution in [0, 0.1) is 0 Å². The Hall–Kier alpha value is -1.46. The van der Waals surface area contributed by atoms with Gasteiger partial charge in [0, 0.05) is 32.0 Å². The van der Waals surface area contributed by atoms with Crippen LogP contribution in [0.4, 0.5) is 0 Å². The van der Waals surface area contributed by atoms with Gasteiger partial charge in [-0.05, 0) is 30.7 Å². The van der Waals surface area contributed by atoms with Crippen molar-refractivity contribution in [3.63, 3.8) is 0 Å². The van der Waals surface area contributed by atoms with Crippen molar-refractivity contribution in [3.8, 4) is 0 Å². The van der Waals surface area contributed by atoms with Crippen molar-refractivity contribution in [1.29, 1.82) is 0 Å². The Labute approximate surface area is 108 Å². The van der Waals surface area contributed by atoms with Crippen LogP contribution in [0.2, 0.25) is 0 Å². The summed E-state index contributed by atoms with van der Waals surface area (Å²) in [4.78, 5) is 17.7. The van der Waals surface area contributed by atoms with Crippen LogP contribution < -0.4 is 11.1 Å². The summed E-state index contributed by atoms with van der Waals surface area (Å²) in [6.07, 6.45) is 4.49. The monoisotopic (exact) mass is 250 g/mol. The number of carbonyl (C=O) groups excluding carboxylic acids is 1. The third-order valence-electron chi connectivity index (χ3n) is 2.89. The minimum atomic E-state index is 0.0101. The molecule has 0 bridgehead atoms. The van der Waals surface area contributed by atoms with Crippen molar-refractivity contribution in [1.82, 2.24) is 15.2 Å². The SMILES string of the molecule is CCCN(CC(=O)NC)C(CN)c1ccncc1. The molecule has 0 aliphatic rings. The van der Waals surface area contributed by atoms with Gasteiger partial charge in [0.15, 0.2) is 0 Å². The van der Waals surface area contributed by atoms with E-state index >= 15 is 0 Å². The van der Waals surface area contributed by atoms with Gasteiger partial charge in [-0.25, -0.2) is 0 Å². The van der Waals surface area contributed by atoms with Gasteiger partial charge in [0.05, 0.1) is 6.54 Å². The summed E-state index contributed by atoms with van der Waals surface area (Å²) in [5.74, 6) is 0.0101. The largest absolute Gasteiger partial charge is 0.358 e. The fourth-order valence-electron chi connectivity index (χ4n) is 1.98. The molecule has 0 aromatic carbocycles. The van der Waals surface area contributed by atoms with Gasteiger partial charge >= 0.3 is 0 Å². The Morgan fingerprint density at radius 1 is 1.50 bits per heavy atom. The quantitative estimate of drug-likeness (QED) is 0.741. The zero-order valence-corrected chi connectivity index (χ0v) is 11.1. The van der Waals surface area contributed by atoms with Crippen molar-refractivity contribution in [2.75, 3.05) is 26.7 Å². The van der Waals surface area contributed by atoms with E-state index in [9.17, 15) is 4.79 Å². The average molecular weight is 250 g/mol. The highest BCUT2D eigenvalue weighted by molar-refractivity contribution is 5.77. The van der Waals surface area contributed by atoms with Crippen molar-refractivity contribution in [3.05, 3.63) is 30.1 Å². The zero-order chi connectivity index (χ0) is 13.4. The Kier molecular flexibility index (Phi) is 6.32. The smallest absolute Gasteiger partial charge is 0.233 e. The fourth-order valence-corrected chi connectivity index (χ4v) is 1.98. The van der Waals surface area contributed by atoms with E-state index < -0.39 is 0 Å². The van der Waals surface area contributed by atoms with Gasteiger partial charge in [-0.2, -0.15) is 0 Å². The van der Waals surface area contributed by atoms with Crippen molar-refractivity contribution in [2.24, 2.45) is 5.73 Å². The molecule has 0 fully saturated rings. The van der Waals surface area contributed by atoms with Gasteiger partial charge in [-0.3, -0.25) is 14.7 Å². The van der Waals surface area contributed by atoms with Crippen LogP contribution in [0.5, 0.6) is 0 Å². The third-order valence-corrected chi connectivity index (χ3v) is 2.89. The van der Waals surface area contributed by atoms with Gasteiger partial charge in [0.2, 0.25) is 5.91 Å². The lowest BCUT2D eigenvalue weighted by atomic mass is 10.1. The molecule has 100 valence electrons. The number of aromatic nitrogens is 1. The predicted molar refractivity (Wildman–Crippen MR) is 72.0 cm³/mol. The highest BCUT2D eigenvalue weighted by atomic mass is 16.1. The average Bonchev–Trinajstić information content (AvgIpc) is 2.41. The van der Waals surface area contributed by atoms with Crippen molar-refractivity contribution in [2.45, 2.75) is 19.4 Å². The maximum atomic E-state index is 11.5. The Balaban J connectivity index is 2.83. The summed E-state index contributed by atoms with van der Waals surface area (Å²) in [5.41, 5.74) is 6.96. The Morgan fingerprint density at radius 2 is 2.17 bits per heavy atom. The number of nitrogens with zero attached hydrogens (tertiary/aromatic N) is 2. The van der Waals surface area contributed by atoms with Gasteiger partial charge < -0.3 is 11.1 Å². The normalized spacial score (nSPS) is 12.4. The molecule has 0 aliphatic carbocycles. The van der Waals surface area contributed by atoms with E-state index in [2.05, 4.69) is 22.1 Å². The minimum Gasteiger partial charge on any atom is -0.358 e. The van der Waals surface area contributed by atoms with E-state index in [-0.39, 0.29) is 11.9 Å². The number of pyridine rings is 1. The fraction of sp³-hybridized carbons (Fsp3) is 0.538. The molecule has 3 N–H and O–H groups in total. The number of nitrogens with two attached hydrogens (primary N) is 1. The zero-order valence-electron chi connectivity index (χ0n) is 11.1.